The second kappa shape index (κ2) is 7.26. The van der Waals surface area contributed by atoms with E-state index in [0.29, 0.717) is 17.2 Å². The standard InChI is InChI=1S/C16H16N2O5/c1-22-13-6-7-16(23-2)14(9-13)17-10-15(19)11-4-3-5-12(8-11)18(20)21/h3-9,17H,10H2,1-2H3. The molecule has 120 valence electrons. The molecule has 0 aliphatic carbocycles. The normalized spacial score (nSPS) is 10.0. The van der Waals surface area contributed by atoms with Gasteiger partial charge in [-0.1, -0.05) is 12.1 Å². The first-order valence-electron chi connectivity index (χ1n) is 6.78. The van der Waals surface area contributed by atoms with Crippen molar-refractivity contribution in [1.82, 2.24) is 0 Å². The number of anilines is 1. The maximum atomic E-state index is 12.2. The van der Waals surface area contributed by atoms with Crippen LogP contribution in [0.5, 0.6) is 11.5 Å². The Balaban J connectivity index is 2.13. The van der Waals surface area contributed by atoms with Gasteiger partial charge in [-0.15, -0.1) is 0 Å². The van der Waals surface area contributed by atoms with E-state index in [4.69, 9.17) is 9.47 Å². The summed E-state index contributed by atoms with van der Waals surface area (Å²) in [6.45, 7) is -0.0231. The highest BCUT2D eigenvalue weighted by Gasteiger charge is 2.12. The second-order valence-electron chi connectivity index (χ2n) is 4.65. The van der Waals surface area contributed by atoms with Gasteiger partial charge in [0.15, 0.2) is 5.78 Å². The minimum atomic E-state index is -0.532. The first-order chi connectivity index (χ1) is 11.0. The van der Waals surface area contributed by atoms with Crippen molar-refractivity contribution in [2.75, 3.05) is 26.1 Å². The molecule has 0 heterocycles. The molecule has 0 aliphatic rings. The van der Waals surface area contributed by atoms with E-state index in [0.717, 1.165) is 0 Å². The van der Waals surface area contributed by atoms with E-state index in [1.807, 2.05) is 0 Å². The number of ether oxygens (including phenoxy) is 2. The molecule has 2 rings (SSSR count). The number of Topliss-reactive ketones (excluding diaryl/α,β-unsaturated/α-hetero) is 1. The van der Waals surface area contributed by atoms with Crippen LogP contribution in [0, 0.1) is 10.1 Å². The van der Waals surface area contributed by atoms with Crippen molar-refractivity contribution in [2.45, 2.75) is 0 Å². The highest BCUT2D eigenvalue weighted by Crippen LogP contribution is 2.28. The number of ketones is 1. The molecular weight excluding hydrogens is 300 g/mol. The maximum Gasteiger partial charge on any atom is 0.270 e. The summed E-state index contributed by atoms with van der Waals surface area (Å²) in [5.41, 5.74) is 0.758. The van der Waals surface area contributed by atoms with Crippen LogP contribution < -0.4 is 14.8 Å². The van der Waals surface area contributed by atoms with Crippen molar-refractivity contribution in [1.29, 1.82) is 0 Å². The van der Waals surface area contributed by atoms with Crippen LogP contribution in [0.2, 0.25) is 0 Å². The summed E-state index contributed by atoms with van der Waals surface area (Å²) >= 11 is 0. The van der Waals surface area contributed by atoms with Crippen LogP contribution in [0.3, 0.4) is 0 Å². The van der Waals surface area contributed by atoms with E-state index >= 15 is 0 Å². The van der Waals surface area contributed by atoms with Gasteiger partial charge in [-0.05, 0) is 12.1 Å². The van der Waals surface area contributed by atoms with E-state index in [2.05, 4.69) is 5.32 Å². The Morgan fingerprint density at radius 2 is 1.96 bits per heavy atom. The van der Waals surface area contributed by atoms with Crippen LogP contribution >= 0.6 is 0 Å². The van der Waals surface area contributed by atoms with Gasteiger partial charge >= 0.3 is 0 Å². The van der Waals surface area contributed by atoms with Crippen LogP contribution in [0.1, 0.15) is 10.4 Å². The Labute approximate surface area is 133 Å². The topological polar surface area (TPSA) is 90.7 Å². The van der Waals surface area contributed by atoms with Crippen LogP contribution in [-0.4, -0.2) is 31.5 Å². The number of non-ortho nitro benzene ring substituents is 1. The number of benzene rings is 2. The number of carbonyl (C=O) groups excluding carboxylic acids is 1. The lowest BCUT2D eigenvalue weighted by molar-refractivity contribution is -0.384. The number of carbonyl (C=O) groups is 1. The van der Waals surface area contributed by atoms with Crippen molar-refractivity contribution >= 4 is 17.2 Å². The molecule has 0 spiro atoms. The minimum absolute atomic E-state index is 0.0231. The fourth-order valence-electron chi connectivity index (χ4n) is 2.02. The largest absolute Gasteiger partial charge is 0.497 e. The predicted octanol–water partition coefficient (Wildman–Crippen LogP) is 2.91. The first-order valence-corrected chi connectivity index (χ1v) is 6.78. The summed E-state index contributed by atoms with van der Waals surface area (Å²) in [7, 11) is 3.06. The maximum absolute atomic E-state index is 12.2. The zero-order valence-electron chi connectivity index (χ0n) is 12.7. The molecule has 0 bridgehead atoms. The minimum Gasteiger partial charge on any atom is -0.497 e. The molecular formula is C16H16N2O5. The van der Waals surface area contributed by atoms with Crippen molar-refractivity contribution in [3.63, 3.8) is 0 Å². The van der Waals surface area contributed by atoms with Gasteiger partial charge in [0.2, 0.25) is 0 Å². The first kappa shape index (κ1) is 16.3. The van der Waals surface area contributed by atoms with Gasteiger partial charge in [-0.25, -0.2) is 0 Å². The molecule has 2 aromatic rings. The number of nitro benzene ring substituents is 1. The molecule has 0 amide bonds. The summed E-state index contributed by atoms with van der Waals surface area (Å²) in [4.78, 5) is 22.4. The van der Waals surface area contributed by atoms with E-state index in [1.54, 1.807) is 31.4 Å². The third kappa shape index (κ3) is 3.97. The molecule has 0 unspecified atom stereocenters. The van der Waals surface area contributed by atoms with Gasteiger partial charge in [0.1, 0.15) is 11.5 Å². The molecule has 7 nitrogen and oxygen atoms in total. The fraction of sp³-hybridized carbons (Fsp3) is 0.188. The molecule has 0 saturated carbocycles. The summed E-state index contributed by atoms with van der Waals surface area (Å²) in [5.74, 6) is 0.923. The van der Waals surface area contributed by atoms with Crippen molar-refractivity contribution in [2.24, 2.45) is 0 Å². The lowest BCUT2D eigenvalue weighted by atomic mass is 10.1. The Hall–Kier alpha value is -3.09. The summed E-state index contributed by atoms with van der Waals surface area (Å²) < 4.78 is 10.3. The van der Waals surface area contributed by atoms with Crippen molar-refractivity contribution in [3.8, 4) is 11.5 Å². The Morgan fingerprint density at radius 1 is 1.17 bits per heavy atom. The van der Waals surface area contributed by atoms with Crippen LogP contribution in [-0.2, 0) is 0 Å². The zero-order valence-corrected chi connectivity index (χ0v) is 12.7. The Bertz CT molecular complexity index is 730. The number of nitrogens with one attached hydrogen (secondary N) is 1. The third-order valence-electron chi connectivity index (χ3n) is 3.22. The van der Waals surface area contributed by atoms with Gasteiger partial charge in [-0.2, -0.15) is 0 Å². The zero-order chi connectivity index (χ0) is 16.8. The highest BCUT2D eigenvalue weighted by atomic mass is 16.6. The van der Waals surface area contributed by atoms with E-state index in [9.17, 15) is 14.9 Å². The smallest absolute Gasteiger partial charge is 0.270 e. The van der Waals surface area contributed by atoms with Gasteiger partial charge < -0.3 is 14.8 Å². The molecule has 7 heteroatoms. The average Bonchev–Trinajstić information content (AvgIpc) is 2.59. The van der Waals surface area contributed by atoms with Crippen molar-refractivity contribution in [3.05, 3.63) is 58.1 Å². The molecule has 0 saturated heterocycles. The predicted molar refractivity (Wildman–Crippen MR) is 85.5 cm³/mol. The number of hydrogen-bond acceptors (Lipinski definition) is 6. The lowest BCUT2D eigenvalue weighted by Gasteiger charge is -2.12. The Kier molecular flexibility index (Phi) is 5.14. The van der Waals surface area contributed by atoms with E-state index in [-0.39, 0.29) is 23.6 Å². The van der Waals surface area contributed by atoms with E-state index < -0.39 is 4.92 Å². The highest BCUT2D eigenvalue weighted by molar-refractivity contribution is 5.99. The quantitative estimate of drug-likeness (QED) is 0.480. The molecule has 23 heavy (non-hydrogen) atoms. The molecule has 0 aliphatic heterocycles. The molecule has 1 N–H and O–H groups in total. The average molecular weight is 316 g/mol. The summed E-state index contributed by atoms with van der Waals surface area (Å²) in [5, 5.41) is 13.7. The summed E-state index contributed by atoms with van der Waals surface area (Å²) in [6.07, 6.45) is 0. The summed E-state index contributed by atoms with van der Waals surface area (Å²) in [6, 6.07) is 10.8. The van der Waals surface area contributed by atoms with Crippen LogP contribution in [0.4, 0.5) is 11.4 Å². The number of nitro groups is 1. The molecule has 0 radical (unpaired) electrons. The van der Waals surface area contributed by atoms with E-state index in [1.165, 1.54) is 25.3 Å². The molecule has 0 atom stereocenters. The third-order valence-corrected chi connectivity index (χ3v) is 3.22. The number of hydrogen-bond donors (Lipinski definition) is 1. The Morgan fingerprint density at radius 3 is 2.61 bits per heavy atom. The van der Waals surface area contributed by atoms with Crippen LogP contribution in [0.25, 0.3) is 0 Å². The number of nitrogens with zero attached hydrogens (tertiary/aromatic N) is 1. The SMILES string of the molecule is COc1ccc(OC)c(NCC(=O)c2cccc([N+](=O)[O-])c2)c1. The molecule has 0 fully saturated rings. The van der Waals surface area contributed by atoms with Crippen molar-refractivity contribution < 1.29 is 19.2 Å². The van der Waals surface area contributed by atoms with Gasteiger partial charge in [0.05, 0.1) is 31.4 Å². The lowest BCUT2D eigenvalue weighted by Crippen LogP contribution is -2.14. The molecule has 0 aromatic heterocycles. The fourth-order valence-corrected chi connectivity index (χ4v) is 2.02. The van der Waals surface area contributed by atoms with Crippen LogP contribution in [0.15, 0.2) is 42.5 Å². The van der Waals surface area contributed by atoms with Gasteiger partial charge in [0, 0.05) is 23.8 Å². The monoisotopic (exact) mass is 316 g/mol. The van der Waals surface area contributed by atoms with Gasteiger partial charge in [0.25, 0.3) is 5.69 Å². The number of methoxy groups -OCH3 is 2. The number of rotatable bonds is 7. The van der Waals surface area contributed by atoms with Gasteiger partial charge in [-0.3, -0.25) is 14.9 Å². The molecule has 2 aromatic carbocycles. The second-order valence-corrected chi connectivity index (χ2v) is 4.65.